The van der Waals surface area contributed by atoms with Gasteiger partial charge in [0.05, 0.1) is 12.8 Å². The lowest BCUT2D eigenvalue weighted by atomic mass is 9.88. The second kappa shape index (κ2) is 11.3. The first-order valence-corrected chi connectivity index (χ1v) is 12.1. The lowest BCUT2D eigenvalue weighted by molar-refractivity contribution is -0.120. The topological polar surface area (TPSA) is 101 Å². The Morgan fingerprint density at radius 1 is 1.14 bits per heavy atom. The Morgan fingerprint density at radius 2 is 1.89 bits per heavy atom. The maximum atomic E-state index is 14.3. The number of methoxy groups -OCH3 is 1. The molecule has 4 rings (SSSR count). The molecule has 1 aromatic heterocycles. The minimum absolute atomic E-state index is 0.0669. The number of aromatic amines is 1. The van der Waals surface area contributed by atoms with Gasteiger partial charge < -0.3 is 15.4 Å². The smallest absolute Gasteiger partial charge is 0.227 e. The molecule has 10 heteroatoms. The number of nitrogens with one attached hydrogen (secondary N) is 3. The van der Waals surface area contributed by atoms with Crippen LogP contribution in [0.4, 0.5) is 15.8 Å². The summed E-state index contributed by atoms with van der Waals surface area (Å²) in [7, 11) is 1.60. The van der Waals surface area contributed by atoms with Crippen molar-refractivity contribution < 1.29 is 18.7 Å². The molecule has 35 heavy (non-hydrogen) atoms. The molecule has 0 saturated heterocycles. The highest BCUT2D eigenvalue weighted by molar-refractivity contribution is 7.71. The van der Waals surface area contributed by atoms with E-state index in [2.05, 4.69) is 20.8 Å². The molecule has 0 bridgehead atoms. The van der Waals surface area contributed by atoms with Crippen LogP contribution in [0, 0.1) is 16.5 Å². The fourth-order valence-electron chi connectivity index (χ4n) is 4.22. The average Bonchev–Trinajstić information content (AvgIpc) is 3.25. The van der Waals surface area contributed by atoms with E-state index in [-0.39, 0.29) is 29.8 Å². The van der Waals surface area contributed by atoms with Crippen LogP contribution in [-0.4, -0.2) is 33.7 Å². The highest BCUT2D eigenvalue weighted by Gasteiger charge is 2.22. The zero-order valence-electron chi connectivity index (χ0n) is 19.5. The van der Waals surface area contributed by atoms with E-state index in [4.69, 9.17) is 17.0 Å². The van der Waals surface area contributed by atoms with Crippen LogP contribution in [-0.2, 0) is 16.1 Å². The van der Waals surface area contributed by atoms with Crippen molar-refractivity contribution >= 4 is 35.4 Å². The molecule has 3 aromatic rings. The number of carbonyl (C=O) groups is 2. The summed E-state index contributed by atoms with van der Waals surface area (Å²) in [6.45, 7) is 0.301. The first kappa shape index (κ1) is 24.6. The molecular weight excluding hydrogens is 469 g/mol. The normalized spacial score (nSPS) is 13.9. The van der Waals surface area contributed by atoms with Gasteiger partial charge in [0.25, 0.3) is 0 Å². The molecule has 1 aliphatic rings. The quantitative estimate of drug-likeness (QED) is 0.367. The van der Waals surface area contributed by atoms with E-state index in [9.17, 15) is 14.0 Å². The van der Waals surface area contributed by atoms with Gasteiger partial charge in [0.1, 0.15) is 11.6 Å². The van der Waals surface area contributed by atoms with Crippen molar-refractivity contribution in [3.63, 3.8) is 0 Å². The van der Waals surface area contributed by atoms with Crippen molar-refractivity contribution in [3.8, 4) is 17.1 Å². The van der Waals surface area contributed by atoms with Gasteiger partial charge in [-0.2, -0.15) is 5.10 Å². The van der Waals surface area contributed by atoms with Gasteiger partial charge in [0, 0.05) is 30.1 Å². The van der Waals surface area contributed by atoms with E-state index in [1.54, 1.807) is 11.7 Å². The number of hydrogen-bond donors (Lipinski definition) is 3. The molecule has 3 N–H and O–H groups in total. The first-order valence-electron chi connectivity index (χ1n) is 11.6. The zero-order valence-corrected chi connectivity index (χ0v) is 20.3. The summed E-state index contributed by atoms with van der Waals surface area (Å²) in [5, 5.41) is 12.5. The van der Waals surface area contributed by atoms with E-state index in [1.807, 2.05) is 24.3 Å². The van der Waals surface area contributed by atoms with Crippen molar-refractivity contribution in [2.24, 2.45) is 5.92 Å². The van der Waals surface area contributed by atoms with Crippen LogP contribution in [0.25, 0.3) is 11.4 Å². The molecule has 0 unspecified atom stereocenters. The van der Waals surface area contributed by atoms with E-state index in [0.717, 1.165) is 43.4 Å². The number of halogens is 1. The second-order valence-electron chi connectivity index (χ2n) is 8.55. The summed E-state index contributed by atoms with van der Waals surface area (Å²) in [6, 6.07) is 11.5. The van der Waals surface area contributed by atoms with E-state index in [1.165, 1.54) is 18.2 Å². The molecular formula is C25H28FN5O3S. The molecule has 0 atom stereocenters. The number of anilines is 2. The lowest BCUT2D eigenvalue weighted by Gasteiger charge is -2.21. The minimum Gasteiger partial charge on any atom is -0.497 e. The van der Waals surface area contributed by atoms with Crippen LogP contribution >= 0.6 is 12.2 Å². The molecule has 0 aliphatic heterocycles. The highest BCUT2D eigenvalue weighted by Crippen LogP contribution is 2.27. The molecule has 2 amide bonds. The predicted molar refractivity (Wildman–Crippen MR) is 134 cm³/mol. The molecule has 8 nitrogen and oxygen atoms in total. The Hall–Kier alpha value is -3.53. The Morgan fingerprint density at radius 3 is 2.60 bits per heavy atom. The van der Waals surface area contributed by atoms with Crippen LogP contribution in [0.5, 0.6) is 5.75 Å². The number of benzene rings is 2. The first-order chi connectivity index (χ1) is 16.9. The summed E-state index contributed by atoms with van der Waals surface area (Å²) in [5.41, 5.74) is 1.30. The maximum absolute atomic E-state index is 14.3. The van der Waals surface area contributed by atoms with Crippen molar-refractivity contribution in [2.45, 2.75) is 45.1 Å². The molecule has 184 valence electrons. The molecule has 1 saturated carbocycles. The standard InChI is InChI=1S/C25H28FN5O3S/c1-34-19-10-7-16(8-11-19)23-29-30-25(35)31(23)14-13-22(32)27-18-9-12-20(26)21(15-18)28-24(33)17-5-3-2-4-6-17/h7-12,15,17H,2-6,13-14H2,1H3,(H,27,32)(H,28,33)(H,30,35). The number of amides is 2. The van der Waals surface area contributed by atoms with E-state index < -0.39 is 5.82 Å². The van der Waals surface area contributed by atoms with Crippen LogP contribution in [0.15, 0.2) is 42.5 Å². The van der Waals surface area contributed by atoms with Crippen LogP contribution in [0.2, 0.25) is 0 Å². The molecule has 1 fully saturated rings. The van der Waals surface area contributed by atoms with Crippen LogP contribution in [0.3, 0.4) is 0 Å². The third kappa shape index (κ3) is 6.13. The summed E-state index contributed by atoms with van der Waals surface area (Å²) < 4.78 is 21.6. The van der Waals surface area contributed by atoms with Gasteiger partial charge in [-0.05, 0) is 67.5 Å². The summed E-state index contributed by atoms with van der Waals surface area (Å²) in [4.78, 5) is 25.1. The molecule has 2 aromatic carbocycles. The monoisotopic (exact) mass is 497 g/mol. The van der Waals surface area contributed by atoms with Crippen molar-refractivity contribution in [1.29, 1.82) is 0 Å². The number of rotatable bonds is 8. The Bertz CT molecular complexity index is 1250. The van der Waals surface area contributed by atoms with Gasteiger partial charge in [-0.3, -0.25) is 19.3 Å². The van der Waals surface area contributed by atoms with Gasteiger partial charge in [-0.1, -0.05) is 19.3 Å². The zero-order chi connectivity index (χ0) is 24.8. The Labute approximate surface area is 207 Å². The van der Waals surface area contributed by atoms with Gasteiger partial charge >= 0.3 is 0 Å². The highest BCUT2D eigenvalue weighted by atomic mass is 32.1. The summed E-state index contributed by atoms with van der Waals surface area (Å²) in [6.07, 6.45) is 4.91. The predicted octanol–water partition coefficient (Wildman–Crippen LogP) is 5.30. The van der Waals surface area contributed by atoms with E-state index in [0.29, 0.717) is 22.8 Å². The van der Waals surface area contributed by atoms with Gasteiger partial charge in [0.15, 0.2) is 10.6 Å². The van der Waals surface area contributed by atoms with Crippen molar-refractivity contribution in [3.05, 3.63) is 53.1 Å². The average molecular weight is 498 g/mol. The van der Waals surface area contributed by atoms with E-state index >= 15 is 0 Å². The van der Waals surface area contributed by atoms with Crippen LogP contribution in [0.1, 0.15) is 38.5 Å². The summed E-state index contributed by atoms with van der Waals surface area (Å²) in [5.74, 6) is 0.252. The SMILES string of the molecule is COc1ccc(-c2n[nH]c(=S)n2CCC(=O)Nc2ccc(F)c(NC(=O)C3CCCCC3)c2)cc1. The third-order valence-corrected chi connectivity index (χ3v) is 6.46. The lowest BCUT2D eigenvalue weighted by Crippen LogP contribution is -2.25. The van der Waals surface area contributed by atoms with Crippen molar-refractivity contribution in [1.82, 2.24) is 14.8 Å². The fourth-order valence-corrected chi connectivity index (χ4v) is 4.44. The van der Waals surface area contributed by atoms with Gasteiger partial charge in [0.2, 0.25) is 11.8 Å². The fraction of sp³-hybridized carbons (Fsp3) is 0.360. The van der Waals surface area contributed by atoms with Crippen LogP contribution < -0.4 is 15.4 Å². The molecule has 0 spiro atoms. The number of nitrogens with zero attached hydrogens (tertiary/aromatic N) is 2. The summed E-state index contributed by atoms with van der Waals surface area (Å²) >= 11 is 5.34. The maximum Gasteiger partial charge on any atom is 0.227 e. The molecule has 1 aliphatic carbocycles. The number of hydrogen-bond acceptors (Lipinski definition) is 5. The number of ether oxygens (including phenoxy) is 1. The number of aromatic nitrogens is 3. The Balaban J connectivity index is 1.39. The van der Waals surface area contributed by atoms with Gasteiger partial charge in [-0.25, -0.2) is 4.39 Å². The number of carbonyl (C=O) groups excluding carboxylic acids is 2. The minimum atomic E-state index is -0.541. The Kier molecular flexibility index (Phi) is 7.91. The second-order valence-corrected chi connectivity index (χ2v) is 8.94. The van der Waals surface area contributed by atoms with Crippen molar-refractivity contribution in [2.75, 3.05) is 17.7 Å². The number of H-pyrrole nitrogens is 1. The largest absolute Gasteiger partial charge is 0.497 e. The molecule has 1 heterocycles. The third-order valence-electron chi connectivity index (χ3n) is 6.15. The molecule has 0 radical (unpaired) electrons. The van der Waals surface area contributed by atoms with Gasteiger partial charge in [-0.15, -0.1) is 0 Å².